The van der Waals surface area contributed by atoms with Gasteiger partial charge in [-0.1, -0.05) is 11.6 Å². The molecule has 1 fully saturated rings. The number of ether oxygens (including phenoxy) is 1. The largest absolute Gasteiger partial charge is 0.503 e. The second-order valence-electron chi connectivity index (χ2n) is 6.45. The van der Waals surface area contributed by atoms with Crippen LogP contribution in [-0.2, 0) is 17.8 Å². The Balaban J connectivity index is 1.72. The van der Waals surface area contributed by atoms with Gasteiger partial charge in [0.25, 0.3) is 0 Å². The number of hydrogen-bond donors (Lipinski definition) is 1. The van der Waals surface area contributed by atoms with E-state index in [0.717, 1.165) is 51.5 Å². The van der Waals surface area contributed by atoms with E-state index in [0.29, 0.717) is 0 Å². The minimum atomic E-state index is -0.290. The number of rotatable bonds is 5. The lowest BCUT2D eigenvalue weighted by molar-refractivity contribution is 0.0330. The van der Waals surface area contributed by atoms with E-state index >= 15 is 0 Å². The van der Waals surface area contributed by atoms with Gasteiger partial charge >= 0.3 is 0 Å². The van der Waals surface area contributed by atoms with Crippen LogP contribution in [0, 0.1) is 0 Å². The molecular formula is C18H26N2O3. The second kappa shape index (κ2) is 7.79. The van der Waals surface area contributed by atoms with Gasteiger partial charge in [-0.05, 0) is 32.1 Å². The highest BCUT2D eigenvalue weighted by molar-refractivity contribution is 5.21. The molecule has 23 heavy (non-hydrogen) atoms. The van der Waals surface area contributed by atoms with Crippen molar-refractivity contribution in [1.29, 1.82) is 0 Å². The molecule has 2 heterocycles. The zero-order valence-electron chi connectivity index (χ0n) is 13.7. The molecule has 1 aromatic rings. The molecule has 1 N–H and O–H groups in total. The summed E-state index contributed by atoms with van der Waals surface area (Å²) in [5.41, 5.74) is 2.19. The van der Waals surface area contributed by atoms with Crippen molar-refractivity contribution in [3.8, 4) is 5.75 Å². The topological polar surface area (TPSA) is 54.7 Å². The van der Waals surface area contributed by atoms with Crippen LogP contribution in [0.5, 0.6) is 5.75 Å². The maximum atomic E-state index is 11.8. The number of pyridine rings is 1. The summed E-state index contributed by atoms with van der Waals surface area (Å²) in [4.78, 5) is 14.1. The lowest BCUT2D eigenvalue weighted by atomic mass is 9.97. The number of nitrogens with zero attached hydrogens (tertiary/aromatic N) is 2. The fourth-order valence-corrected chi connectivity index (χ4v) is 3.33. The van der Waals surface area contributed by atoms with Gasteiger partial charge in [0.2, 0.25) is 5.43 Å². The molecule has 5 nitrogen and oxygen atoms in total. The standard InChI is InChI=1S/C18H26N2O3/c21-17-12-16(13-19-8-10-23-11-9-19)20(14-18(17)22)7-6-15-4-2-1-3-5-15/h4,12,14,22H,1-3,5-11,13H2. The van der Waals surface area contributed by atoms with E-state index in [4.69, 9.17) is 4.74 Å². The average molecular weight is 318 g/mol. The Hall–Kier alpha value is -1.59. The summed E-state index contributed by atoms with van der Waals surface area (Å²) in [7, 11) is 0. The van der Waals surface area contributed by atoms with Crippen LogP contribution in [0.4, 0.5) is 0 Å². The van der Waals surface area contributed by atoms with Gasteiger partial charge in [-0.25, -0.2) is 0 Å². The normalized spacial score (nSPS) is 19.6. The van der Waals surface area contributed by atoms with Gasteiger partial charge in [0.15, 0.2) is 5.75 Å². The maximum absolute atomic E-state index is 11.8. The van der Waals surface area contributed by atoms with Crippen molar-refractivity contribution in [2.75, 3.05) is 26.3 Å². The first kappa shape index (κ1) is 16.3. The second-order valence-corrected chi connectivity index (χ2v) is 6.45. The first-order valence-electron chi connectivity index (χ1n) is 8.63. The quantitative estimate of drug-likeness (QED) is 0.846. The summed E-state index contributed by atoms with van der Waals surface area (Å²) in [5, 5.41) is 9.79. The summed E-state index contributed by atoms with van der Waals surface area (Å²) in [6.45, 7) is 4.82. The van der Waals surface area contributed by atoms with E-state index in [2.05, 4.69) is 11.0 Å². The summed E-state index contributed by atoms with van der Waals surface area (Å²) >= 11 is 0. The maximum Gasteiger partial charge on any atom is 0.223 e. The van der Waals surface area contributed by atoms with Crippen LogP contribution in [0.3, 0.4) is 0 Å². The molecule has 0 bridgehead atoms. The van der Waals surface area contributed by atoms with E-state index in [-0.39, 0.29) is 11.2 Å². The predicted molar refractivity (Wildman–Crippen MR) is 89.6 cm³/mol. The average Bonchev–Trinajstić information content (AvgIpc) is 2.58. The zero-order valence-corrected chi connectivity index (χ0v) is 13.7. The SMILES string of the molecule is O=c1cc(CN2CCOCC2)n(CCC2=CCCCC2)cc1O. The third kappa shape index (κ3) is 4.45. The van der Waals surface area contributed by atoms with Crippen molar-refractivity contribution >= 4 is 0 Å². The van der Waals surface area contributed by atoms with Gasteiger partial charge in [0, 0.05) is 37.9 Å². The van der Waals surface area contributed by atoms with Crippen molar-refractivity contribution in [3.05, 3.63) is 39.8 Å². The molecule has 3 rings (SSSR count). The molecule has 1 aliphatic heterocycles. The van der Waals surface area contributed by atoms with Crippen molar-refractivity contribution in [2.24, 2.45) is 0 Å². The number of aryl methyl sites for hydroxylation is 1. The van der Waals surface area contributed by atoms with Gasteiger partial charge in [-0.2, -0.15) is 0 Å². The van der Waals surface area contributed by atoms with Crippen LogP contribution in [0.1, 0.15) is 37.8 Å². The first-order chi connectivity index (χ1) is 11.2. The molecule has 1 aliphatic carbocycles. The van der Waals surface area contributed by atoms with E-state index in [1.54, 1.807) is 12.3 Å². The predicted octanol–water partition coefficient (Wildman–Crippen LogP) is 2.28. The van der Waals surface area contributed by atoms with Crippen molar-refractivity contribution in [1.82, 2.24) is 9.47 Å². The van der Waals surface area contributed by atoms with Crippen LogP contribution >= 0.6 is 0 Å². The number of aromatic nitrogens is 1. The molecule has 0 radical (unpaired) electrons. The van der Waals surface area contributed by atoms with Gasteiger partial charge in [-0.3, -0.25) is 9.69 Å². The zero-order chi connectivity index (χ0) is 16.1. The van der Waals surface area contributed by atoms with Gasteiger partial charge in [0.1, 0.15) is 0 Å². The molecule has 126 valence electrons. The summed E-state index contributed by atoms with van der Waals surface area (Å²) in [6, 6.07) is 1.58. The highest BCUT2D eigenvalue weighted by atomic mass is 16.5. The molecular weight excluding hydrogens is 292 g/mol. The Morgan fingerprint density at radius 1 is 1.22 bits per heavy atom. The fraction of sp³-hybridized carbons (Fsp3) is 0.611. The van der Waals surface area contributed by atoms with Gasteiger partial charge in [-0.15, -0.1) is 0 Å². The van der Waals surface area contributed by atoms with Gasteiger partial charge < -0.3 is 14.4 Å². The number of aromatic hydroxyl groups is 1. The molecule has 0 aromatic carbocycles. The molecule has 5 heteroatoms. The summed E-state index contributed by atoms with van der Waals surface area (Å²) in [6.07, 6.45) is 9.90. The fourth-order valence-electron chi connectivity index (χ4n) is 3.33. The number of morpholine rings is 1. The third-order valence-electron chi connectivity index (χ3n) is 4.75. The molecule has 1 saturated heterocycles. The van der Waals surface area contributed by atoms with E-state index in [1.807, 2.05) is 4.57 Å². The van der Waals surface area contributed by atoms with Crippen molar-refractivity contribution < 1.29 is 9.84 Å². The molecule has 2 aliphatic rings. The number of allylic oxidation sites excluding steroid dienone is 2. The molecule has 0 spiro atoms. The smallest absolute Gasteiger partial charge is 0.223 e. The minimum Gasteiger partial charge on any atom is -0.503 e. The Bertz CT molecular complexity index is 615. The Morgan fingerprint density at radius 3 is 2.78 bits per heavy atom. The molecule has 1 aromatic heterocycles. The summed E-state index contributed by atoms with van der Waals surface area (Å²) < 4.78 is 7.42. The van der Waals surface area contributed by atoms with Crippen molar-refractivity contribution in [2.45, 2.75) is 45.2 Å². The Labute approximate surface area is 137 Å². The van der Waals surface area contributed by atoms with Crippen LogP contribution < -0.4 is 5.43 Å². The monoisotopic (exact) mass is 318 g/mol. The molecule has 0 saturated carbocycles. The molecule has 0 unspecified atom stereocenters. The van der Waals surface area contributed by atoms with Gasteiger partial charge in [0.05, 0.1) is 19.4 Å². The van der Waals surface area contributed by atoms with Crippen LogP contribution in [0.25, 0.3) is 0 Å². The van der Waals surface area contributed by atoms with E-state index < -0.39 is 0 Å². The van der Waals surface area contributed by atoms with Crippen LogP contribution in [-0.4, -0.2) is 40.9 Å². The highest BCUT2D eigenvalue weighted by Crippen LogP contribution is 2.21. The number of hydrogen-bond acceptors (Lipinski definition) is 4. The third-order valence-corrected chi connectivity index (χ3v) is 4.75. The van der Waals surface area contributed by atoms with Crippen LogP contribution in [0.15, 0.2) is 28.7 Å². The van der Waals surface area contributed by atoms with Crippen molar-refractivity contribution in [3.63, 3.8) is 0 Å². The lowest BCUT2D eigenvalue weighted by Gasteiger charge is -2.28. The van der Waals surface area contributed by atoms with E-state index in [9.17, 15) is 9.90 Å². The first-order valence-corrected chi connectivity index (χ1v) is 8.63. The minimum absolute atomic E-state index is 0.159. The summed E-state index contributed by atoms with van der Waals surface area (Å²) in [5.74, 6) is -0.159. The van der Waals surface area contributed by atoms with Crippen LogP contribution in [0.2, 0.25) is 0 Å². The molecule has 0 amide bonds. The van der Waals surface area contributed by atoms with E-state index in [1.165, 1.54) is 31.3 Å². The highest BCUT2D eigenvalue weighted by Gasteiger charge is 2.14. The Morgan fingerprint density at radius 2 is 2.04 bits per heavy atom. The Kier molecular flexibility index (Phi) is 5.51. The molecule has 0 atom stereocenters. The lowest BCUT2D eigenvalue weighted by Crippen LogP contribution is -2.36.